The highest BCUT2D eigenvalue weighted by Crippen LogP contribution is 2.20. The minimum Gasteiger partial charge on any atom is -0.391 e. The lowest BCUT2D eigenvalue weighted by Gasteiger charge is -2.13. The summed E-state index contributed by atoms with van der Waals surface area (Å²) in [6.45, 7) is 8.48. The highest BCUT2D eigenvalue weighted by atomic mass is 32.1. The third-order valence-corrected chi connectivity index (χ3v) is 3.78. The summed E-state index contributed by atoms with van der Waals surface area (Å²) in [7, 11) is 0. The fourth-order valence-electron chi connectivity index (χ4n) is 1.58. The summed E-state index contributed by atoms with van der Waals surface area (Å²) in [5.74, 6) is 0.609. The molecular weight excluding hydrogens is 248 g/mol. The van der Waals surface area contributed by atoms with Gasteiger partial charge in [0.25, 0.3) is 5.91 Å². The van der Waals surface area contributed by atoms with Crippen LogP contribution in [0.25, 0.3) is 0 Å². The molecule has 0 fully saturated rings. The first kappa shape index (κ1) is 15.1. The Morgan fingerprint density at radius 2 is 2.11 bits per heavy atom. The van der Waals surface area contributed by atoms with Gasteiger partial charge in [-0.2, -0.15) is 0 Å². The van der Waals surface area contributed by atoms with Crippen molar-refractivity contribution in [3.05, 3.63) is 16.1 Å². The molecule has 0 saturated carbocycles. The van der Waals surface area contributed by atoms with Crippen molar-refractivity contribution in [3.63, 3.8) is 0 Å². The molecule has 0 spiro atoms. The molecule has 1 aromatic rings. The summed E-state index contributed by atoms with van der Waals surface area (Å²) in [6, 6.07) is 0. The number of aliphatic hydroxyl groups is 1. The number of hydrogen-bond acceptors (Lipinski definition) is 4. The van der Waals surface area contributed by atoms with E-state index >= 15 is 0 Å². The maximum Gasteiger partial charge on any atom is 0.263 e. The lowest BCUT2D eigenvalue weighted by Crippen LogP contribution is -2.32. The molecule has 0 aliphatic carbocycles. The lowest BCUT2D eigenvalue weighted by atomic mass is 10.1. The van der Waals surface area contributed by atoms with Crippen molar-refractivity contribution in [2.45, 2.75) is 46.1 Å². The van der Waals surface area contributed by atoms with Gasteiger partial charge in [-0.15, -0.1) is 11.3 Å². The summed E-state index contributed by atoms with van der Waals surface area (Å²) >= 11 is 1.41. The maximum atomic E-state index is 11.8. The first-order valence-corrected chi connectivity index (χ1v) is 7.13. The fraction of sp³-hybridized carbons (Fsp3) is 0.692. The summed E-state index contributed by atoms with van der Waals surface area (Å²) in [5, 5.41) is 13.4. The van der Waals surface area contributed by atoms with Gasteiger partial charge in [-0.1, -0.05) is 27.7 Å². The standard InChI is InChI=1S/C13H22N2O2S/c1-8(2)5-10(16)6-14-12(17)11-7-15-13(18-11)9(3)4/h7-10,16H,5-6H2,1-4H3,(H,14,17). The smallest absolute Gasteiger partial charge is 0.263 e. The van der Waals surface area contributed by atoms with E-state index in [4.69, 9.17) is 0 Å². The normalized spacial score (nSPS) is 13.1. The van der Waals surface area contributed by atoms with Crippen LogP contribution in [-0.4, -0.2) is 28.6 Å². The van der Waals surface area contributed by atoms with Crippen LogP contribution in [0.5, 0.6) is 0 Å². The molecule has 0 radical (unpaired) electrons. The number of hydrogen-bond donors (Lipinski definition) is 2. The molecule has 0 aliphatic rings. The van der Waals surface area contributed by atoms with Crippen LogP contribution in [0.4, 0.5) is 0 Å². The Hall–Kier alpha value is -0.940. The molecule has 0 aromatic carbocycles. The number of rotatable bonds is 6. The molecule has 102 valence electrons. The van der Waals surface area contributed by atoms with Crippen molar-refractivity contribution in [1.82, 2.24) is 10.3 Å². The topological polar surface area (TPSA) is 62.2 Å². The third kappa shape index (κ3) is 4.74. The molecule has 1 aromatic heterocycles. The molecule has 5 heteroatoms. The zero-order valence-corrected chi connectivity index (χ0v) is 12.3. The highest BCUT2D eigenvalue weighted by Gasteiger charge is 2.14. The van der Waals surface area contributed by atoms with Gasteiger partial charge in [0, 0.05) is 12.5 Å². The van der Waals surface area contributed by atoms with Crippen LogP contribution in [0.15, 0.2) is 6.20 Å². The maximum absolute atomic E-state index is 11.8. The largest absolute Gasteiger partial charge is 0.391 e. The van der Waals surface area contributed by atoms with Crippen LogP contribution in [-0.2, 0) is 0 Å². The molecule has 1 heterocycles. The average Bonchev–Trinajstić information content (AvgIpc) is 2.74. The molecule has 18 heavy (non-hydrogen) atoms. The number of thiazole rings is 1. The second-order valence-corrected chi connectivity index (χ2v) is 6.27. The van der Waals surface area contributed by atoms with Gasteiger partial charge in [-0.25, -0.2) is 4.98 Å². The molecular formula is C13H22N2O2S. The van der Waals surface area contributed by atoms with E-state index in [1.54, 1.807) is 6.20 Å². The molecule has 1 atom stereocenters. The Morgan fingerprint density at radius 3 is 2.61 bits per heavy atom. The summed E-state index contributed by atoms with van der Waals surface area (Å²) in [6.07, 6.45) is 1.82. The van der Waals surface area contributed by atoms with Gasteiger partial charge in [0.15, 0.2) is 0 Å². The minimum absolute atomic E-state index is 0.151. The van der Waals surface area contributed by atoms with Crippen LogP contribution in [0, 0.1) is 5.92 Å². The average molecular weight is 270 g/mol. The predicted octanol–water partition coefficient (Wildman–Crippen LogP) is 2.40. The predicted molar refractivity (Wildman–Crippen MR) is 74.0 cm³/mol. The van der Waals surface area contributed by atoms with Gasteiger partial charge in [-0.3, -0.25) is 4.79 Å². The van der Waals surface area contributed by atoms with E-state index in [2.05, 4.69) is 10.3 Å². The van der Waals surface area contributed by atoms with E-state index in [0.717, 1.165) is 5.01 Å². The minimum atomic E-state index is -0.480. The molecule has 1 amide bonds. The van der Waals surface area contributed by atoms with Crippen LogP contribution < -0.4 is 5.32 Å². The molecule has 1 unspecified atom stereocenters. The number of nitrogens with one attached hydrogen (secondary N) is 1. The zero-order valence-electron chi connectivity index (χ0n) is 11.4. The molecule has 0 aliphatic heterocycles. The van der Waals surface area contributed by atoms with Gasteiger partial charge >= 0.3 is 0 Å². The second-order valence-electron chi connectivity index (χ2n) is 5.21. The number of aliphatic hydroxyl groups excluding tert-OH is 1. The van der Waals surface area contributed by atoms with E-state index in [0.29, 0.717) is 29.7 Å². The van der Waals surface area contributed by atoms with Crippen molar-refractivity contribution in [3.8, 4) is 0 Å². The van der Waals surface area contributed by atoms with Crippen LogP contribution in [0.2, 0.25) is 0 Å². The number of aromatic nitrogens is 1. The second kappa shape index (κ2) is 6.85. The lowest BCUT2D eigenvalue weighted by molar-refractivity contribution is 0.0904. The molecule has 4 nitrogen and oxygen atoms in total. The molecule has 2 N–H and O–H groups in total. The Labute approximate surface area is 112 Å². The Kier molecular flexibility index (Phi) is 5.75. The van der Waals surface area contributed by atoms with Crippen LogP contribution >= 0.6 is 11.3 Å². The number of amides is 1. The van der Waals surface area contributed by atoms with Gasteiger partial charge in [0.1, 0.15) is 4.88 Å². The fourth-order valence-corrected chi connectivity index (χ4v) is 2.42. The summed E-state index contributed by atoms with van der Waals surface area (Å²) in [4.78, 5) is 16.6. The SMILES string of the molecule is CC(C)CC(O)CNC(=O)c1cnc(C(C)C)s1. The van der Waals surface area contributed by atoms with Crippen molar-refractivity contribution < 1.29 is 9.90 Å². The quantitative estimate of drug-likeness (QED) is 0.834. The Morgan fingerprint density at radius 1 is 1.44 bits per heavy atom. The third-order valence-electron chi connectivity index (χ3n) is 2.48. The van der Waals surface area contributed by atoms with E-state index in [9.17, 15) is 9.90 Å². The zero-order chi connectivity index (χ0) is 13.7. The van der Waals surface area contributed by atoms with E-state index in [-0.39, 0.29) is 5.91 Å². The van der Waals surface area contributed by atoms with Crippen LogP contribution in [0.1, 0.15) is 54.7 Å². The van der Waals surface area contributed by atoms with Gasteiger partial charge in [-0.05, 0) is 12.3 Å². The van der Waals surface area contributed by atoms with Gasteiger partial charge in [0.05, 0.1) is 17.3 Å². The van der Waals surface area contributed by atoms with E-state index in [1.165, 1.54) is 11.3 Å². The van der Waals surface area contributed by atoms with E-state index < -0.39 is 6.10 Å². The van der Waals surface area contributed by atoms with Crippen molar-refractivity contribution in [2.75, 3.05) is 6.54 Å². The molecule has 1 rings (SSSR count). The monoisotopic (exact) mass is 270 g/mol. The first-order chi connectivity index (χ1) is 8.40. The summed E-state index contributed by atoms with van der Waals surface area (Å²) in [5.41, 5.74) is 0. The molecule has 0 saturated heterocycles. The van der Waals surface area contributed by atoms with Gasteiger partial charge in [0.2, 0.25) is 0 Å². The first-order valence-electron chi connectivity index (χ1n) is 6.32. The van der Waals surface area contributed by atoms with Crippen molar-refractivity contribution >= 4 is 17.2 Å². The molecule has 0 bridgehead atoms. The van der Waals surface area contributed by atoms with Crippen molar-refractivity contribution in [1.29, 1.82) is 0 Å². The number of nitrogens with zero attached hydrogens (tertiary/aromatic N) is 1. The highest BCUT2D eigenvalue weighted by molar-refractivity contribution is 7.13. The number of carbonyl (C=O) groups excluding carboxylic acids is 1. The Bertz CT molecular complexity index is 388. The van der Waals surface area contributed by atoms with Gasteiger partial charge < -0.3 is 10.4 Å². The van der Waals surface area contributed by atoms with Crippen molar-refractivity contribution in [2.24, 2.45) is 5.92 Å². The van der Waals surface area contributed by atoms with Crippen LogP contribution in [0.3, 0.4) is 0 Å². The summed E-state index contributed by atoms with van der Waals surface area (Å²) < 4.78 is 0. The Balaban J connectivity index is 2.45. The number of carbonyl (C=O) groups is 1. The van der Waals surface area contributed by atoms with E-state index in [1.807, 2.05) is 27.7 Å².